The molecule has 2 heterocycles. The minimum absolute atomic E-state index is 0.127. The molecule has 1 atom stereocenters. The molecule has 172 valence electrons. The van der Waals surface area contributed by atoms with Crippen LogP contribution in [0.2, 0.25) is 0 Å². The molecule has 32 heavy (non-hydrogen) atoms. The normalized spacial score (nSPS) is 13.8. The van der Waals surface area contributed by atoms with E-state index in [0.717, 1.165) is 26.3 Å². The van der Waals surface area contributed by atoms with Gasteiger partial charge in [0.1, 0.15) is 0 Å². The van der Waals surface area contributed by atoms with Gasteiger partial charge in [-0.15, -0.1) is 10.2 Å². The molecule has 0 aliphatic rings. The number of aliphatic hydroxyl groups excluding tert-OH is 1. The van der Waals surface area contributed by atoms with Gasteiger partial charge < -0.3 is 9.84 Å². The minimum atomic E-state index is -4.61. The number of hydrogen-bond donors (Lipinski definition) is 1. The molecule has 0 aliphatic carbocycles. The van der Waals surface area contributed by atoms with Gasteiger partial charge >= 0.3 is 12.1 Å². The fraction of sp³-hybridized carbons (Fsp3) is 0.409. The van der Waals surface area contributed by atoms with Gasteiger partial charge in [0.25, 0.3) is 0 Å². The molecule has 0 amide bonds. The molecule has 0 saturated heterocycles. The lowest BCUT2D eigenvalue weighted by Gasteiger charge is -2.33. The predicted octanol–water partition coefficient (Wildman–Crippen LogP) is 2.59. The van der Waals surface area contributed by atoms with Crippen LogP contribution in [0.4, 0.5) is 13.2 Å². The monoisotopic (exact) mass is 465 g/mol. The molecule has 0 spiro atoms. The lowest BCUT2D eigenvalue weighted by atomic mass is 9.84. The molecule has 1 N–H and O–H groups in total. The van der Waals surface area contributed by atoms with Gasteiger partial charge in [0, 0.05) is 6.20 Å². The van der Waals surface area contributed by atoms with Crippen LogP contribution < -0.4 is 5.19 Å². The Bertz CT molecular complexity index is 1160. The maximum absolute atomic E-state index is 13.2. The quantitative estimate of drug-likeness (QED) is 0.447. The van der Waals surface area contributed by atoms with Crippen LogP contribution in [0.1, 0.15) is 47.5 Å². The Morgan fingerprint density at radius 2 is 1.91 bits per heavy atom. The number of aliphatic hydroxyl groups is 1. The van der Waals surface area contributed by atoms with E-state index in [-0.39, 0.29) is 23.8 Å². The van der Waals surface area contributed by atoms with E-state index in [9.17, 15) is 23.1 Å². The molecule has 0 fully saturated rings. The van der Waals surface area contributed by atoms with Crippen molar-refractivity contribution in [3.8, 4) is 0 Å². The number of carbonyl (C=O) groups excluding carboxylic acids is 1. The molecule has 0 aliphatic heterocycles. The van der Waals surface area contributed by atoms with Gasteiger partial charge in [-0.3, -0.25) is 9.20 Å². The van der Waals surface area contributed by atoms with Crippen molar-refractivity contribution < 1.29 is 27.8 Å². The number of benzene rings is 1. The van der Waals surface area contributed by atoms with Crippen molar-refractivity contribution in [1.82, 2.24) is 14.6 Å². The summed E-state index contributed by atoms with van der Waals surface area (Å²) in [6.45, 7) is 7.11. The summed E-state index contributed by atoms with van der Waals surface area (Å²) in [6, 6.07) is 7.39. The van der Waals surface area contributed by atoms with Gasteiger partial charge in [0.2, 0.25) is 5.82 Å². The third-order valence-electron chi connectivity index (χ3n) is 6.14. The second kappa shape index (κ2) is 8.66. The number of rotatable bonds is 6. The first kappa shape index (κ1) is 23.9. The van der Waals surface area contributed by atoms with Crippen molar-refractivity contribution in [1.29, 1.82) is 0 Å². The van der Waals surface area contributed by atoms with Crippen molar-refractivity contribution in [3.05, 3.63) is 58.5 Å². The van der Waals surface area contributed by atoms with E-state index in [1.165, 1.54) is 13.3 Å². The standard InChI is InChI=1S/C22H26F3N3O3Si/c1-12-6-7-14(10-15(12)11-29)17(21(3,4)20(30)31-5)32-16-8-9-28-18(13(16)2)26-27-19(28)22(23,24)25/h6-10,17,29H,11,32H2,1-5H3/t17-/m1/s1. The van der Waals surface area contributed by atoms with Crippen LogP contribution >= 0.6 is 0 Å². The highest BCUT2D eigenvalue weighted by Gasteiger charge is 2.40. The zero-order valence-electron chi connectivity index (χ0n) is 18.6. The Morgan fingerprint density at radius 1 is 1.22 bits per heavy atom. The summed E-state index contributed by atoms with van der Waals surface area (Å²) in [5.74, 6) is -1.44. The Morgan fingerprint density at radius 3 is 2.50 bits per heavy atom. The van der Waals surface area contributed by atoms with E-state index in [1.54, 1.807) is 13.0 Å². The molecular weight excluding hydrogens is 439 g/mol. The number of halogens is 3. The zero-order valence-corrected chi connectivity index (χ0v) is 20.0. The predicted molar refractivity (Wildman–Crippen MR) is 117 cm³/mol. The molecule has 0 unspecified atom stereocenters. The Balaban J connectivity index is 2.12. The number of aryl methyl sites for hydroxylation is 2. The van der Waals surface area contributed by atoms with Gasteiger partial charge in [-0.25, -0.2) is 0 Å². The van der Waals surface area contributed by atoms with E-state index >= 15 is 0 Å². The van der Waals surface area contributed by atoms with Crippen molar-refractivity contribution in [2.75, 3.05) is 7.11 Å². The molecule has 0 radical (unpaired) electrons. The van der Waals surface area contributed by atoms with Crippen molar-refractivity contribution in [2.45, 2.75) is 46.0 Å². The van der Waals surface area contributed by atoms with Crippen molar-refractivity contribution >= 4 is 26.3 Å². The lowest BCUT2D eigenvalue weighted by molar-refractivity contribution is -0.151. The third-order valence-corrected chi connectivity index (χ3v) is 9.25. The average molecular weight is 466 g/mol. The first-order chi connectivity index (χ1) is 14.9. The molecule has 0 bridgehead atoms. The largest absolute Gasteiger partial charge is 0.469 e. The highest BCUT2D eigenvalue weighted by molar-refractivity contribution is 6.56. The van der Waals surface area contributed by atoms with E-state index in [1.807, 2.05) is 39.0 Å². The smallest absolute Gasteiger partial charge is 0.452 e. The number of alkyl halides is 3. The maximum atomic E-state index is 13.2. The molecule has 6 nitrogen and oxygen atoms in total. The van der Waals surface area contributed by atoms with E-state index in [2.05, 4.69) is 10.2 Å². The number of pyridine rings is 1. The maximum Gasteiger partial charge on any atom is 0.452 e. The minimum Gasteiger partial charge on any atom is -0.469 e. The molecule has 2 aromatic heterocycles. The fourth-order valence-corrected chi connectivity index (χ4v) is 6.34. The number of aromatic nitrogens is 3. The van der Waals surface area contributed by atoms with Crippen LogP contribution in [0.5, 0.6) is 0 Å². The van der Waals surface area contributed by atoms with Crippen LogP contribution in [-0.4, -0.2) is 42.3 Å². The number of fused-ring (bicyclic) bond motifs is 1. The number of esters is 1. The molecule has 3 rings (SSSR count). The number of hydrogen-bond acceptors (Lipinski definition) is 5. The summed E-state index contributed by atoms with van der Waals surface area (Å²) in [5.41, 5.74) is 2.24. The zero-order chi connectivity index (χ0) is 23.8. The number of carbonyl (C=O) groups is 1. The second-order valence-electron chi connectivity index (χ2n) is 8.49. The summed E-state index contributed by atoms with van der Waals surface area (Å²) >= 11 is 0. The molecule has 3 aromatic rings. The van der Waals surface area contributed by atoms with Gasteiger partial charge in [-0.05, 0) is 61.6 Å². The fourth-order valence-electron chi connectivity index (χ4n) is 4.03. The number of nitrogens with zero attached hydrogens (tertiary/aromatic N) is 3. The molecular formula is C22H26F3N3O3Si. The molecule has 1 aromatic carbocycles. The summed E-state index contributed by atoms with van der Waals surface area (Å²) in [7, 11) is 0.0616. The van der Waals surface area contributed by atoms with E-state index in [0.29, 0.717) is 5.56 Å². The summed E-state index contributed by atoms with van der Waals surface area (Å²) in [6.07, 6.45) is -3.27. The van der Waals surface area contributed by atoms with Gasteiger partial charge in [-0.2, -0.15) is 13.2 Å². The summed E-state index contributed by atoms with van der Waals surface area (Å²) < 4.78 is 45.7. The number of methoxy groups -OCH3 is 1. The first-order valence-corrected chi connectivity index (χ1v) is 11.6. The average Bonchev–Trinajstić information content (AvgIpc) is 3.18. The van der Waals surface area contributed by atoms with Crippen LogP contribution in [0.3, 0.4) is 0 Å². The summed E-state index contributed by atoms with van der Waals surface area (Å²) in [4.78, 5) is 12.7. The highest BCUT2D eigenvalue weighted by Crippen LogP contribution is 2.37. The van der Waals surface area contributed by atoms with Crippen LogP contribution in [0.15, 0.2) is 30.5 Å². The lowest BCUT2D eigenvalue weighted by Crippen LogP contribution is -2.40. The Labute approximate surface area is 186 Å². The number of ether oxygens (including phenoxy) is 1. The first-order valence-electron chi connectivity index (χ1n) is 10.1. The Kier molecular flexibility index (Phi) is 6.48. The van der Waals surface area contributed by atoms with Crippen LogP contribution in [0, 0.1) is 19.3 Å². The highest BCUT2D eigenvalue weighted by atomic mass is 28.2. The van der Waals surface area contributed by atoms with Gasteiger partial charge in [0.05, 0.1) is 28.7 Å². The van der Waals surface area contributed by atoms with Gasteiger partial charge in [0.15, 0.2) is 5.65 Å². The SMILES string of the molecule is COC(=O)C(C)(C)[C@H]([SiH2]c1ccn2c(C(F)(F)F)nnc2c1C)c1ccc(C)c(CO)c1. The molecule has 0 saturated carbocycles. The second-order valence-corrected chi connectivity index (χ2v) is 10.5. The van der Waals surface area contributed by atoms with E-state index in [4.69, 9.17) is 4.74 Å². The van der Waals surface area contributed by atoms with E-state index < -0.39 is 26.9 Å². The Hall–Kier alpha value is -2.72. The molecule has 10 heteroatoms. The van der Waals surface area contributed by atoms with Crippen LogP contribution in [0.25, 0.3) is 5.65 Å². The van der Waals surface area contributed by atoms with Crippen LogP contribution in [-0.2, 0) is 22.3 Å². The van der Waals surface area contributed by atoms with Crippen molar-refractivity contribution in [3.63, 3.8) is 0 Å². The van der Waals surface area contributed by atoms with Crippen molar-refractivity contribution in [2.24, 2.45) is 5.41 Å². The summed E-state index contributed by atoms with van der Waals surface area (Å²) in [5, 5.41) is 17.7. The van der Waals surface area contributed by atoms with Gasteiger partial charge in [-0.1, -0.05) is 23.4 Å². The topological polar surface area (TPSA) is 76.7 Å². The third kappa shape index (κ3) is 4.29.